The quantitative estimate of drug-likeness (QED) is 0.155. The molecule has 4 fully saturated rings. The molecule has 5 amide bonds. The number of hydrogen-bond donors (Lipinski definition) is 2. The van der Waals surface area contributed by atoms with Crippen LogP contribution in [0.2, 0.25) is 5.02 Å². The molecular weight excluding hydrogens is 900 g/mol. The van der Waals surface area contributed by atoms with Gasteiger partial charge in [0.2, 0.25) is 23.6 Å². The van der Waals surface area contributed by atoms with Crippen molar-refractivity contribution in [3.63, 3.8) is 0 Å². The van der Waals surface area contributed by atoms with Crippen molar-refractivity contribution in [1.82, 2.24) is 15.1 Å². The van der Waals surface area contributed by atoms with Gasteiger partial charge in [-0.3, -0.25) is 39.0 Å². The predicted octanol–water partition coefficient (Wildman–Crippen LogP) is 6.84. The average molecular weight is 970 g/mol. The van der Waals surface area contributed by atoms with E-state index in [0.29, 0.717) is 30.8 Å². The van der Waals surface area contributed by atoms with Crippen LogP contribution in [0.3, 0.4) is 0 Å². The number of rotatable bonds is 13. The fourth-order valence-electron chi connectivity index (χ4n) is 10.2. The highest BCUT2D eigenvalue weighted by Gasteiger charge is 2.63. The van der Waals surface area contributed by atoms with Crippen LogP contribution in [-0.4, -0.2) is 125 Å². The van der Waals surface area contributed by atoms with E-state index in [1.807, 2.05) is 65.0 Å². The van der Waals surface area contributed by atoms with Crippen molar-refractivity contribution < 1.29 is 52.9 Å². The molecule has 1 unspecified atom stereocenters. The van der Waals surface area contributed by atoms with E-state index < -0.39 is 58.7 Å². The van der Waals surface area contributed by atoms with Crippen molar-refractivity contribution in [2.75, 3.05) is 38.4 Å². The zero-order valence-corrected chi connectivity index (χ0v) is 42.0. The van der Waals surface area contributed by atoms with E-state index in [-0.39, 0.29) is 89.9 Å². The second-order valence-electron chi connectivity index (χ2n) is 19.7. The molecule has 3 saturated heterocycles. The molecule has 17 heteroatoms. The van der Waals surface area contributed by atoms with Gasteiger partial charge in [0, 0.05) is 88.6 Å². The van der Waals surface area contributed by atoms with E-state index in [0.717, 1.165) is 36.8 Å². The lowest BCUT2D eigenvalue weighted by molar-refractivity contribution is -0.139. The Bertz CT molecular complexity index is 2160. The number of methoxy groups -OCH3 is 1. The maximum Gasteiger partial charge on any atom is 0.409 e. The Morgan fingerprint density at radius 2 is 1.79 bits per heavy atom. The highest BCUT2D eigenvalue weighted by atomic mass is 35.5. The molecule has 15 nitrogen and oxygen atoms in total. The molecule has 4 bridgehead atoms. The number of carbonyl (C=O) groups excluding carboxylic acids is 7. The number of allylic oxidation sites excluding steroid dienone is 3. The third kappa shape index (κ3) is 11.8. The first-order chi connectivity index (χ1) is 31.6. The number of halogens is 1. The van der Waals surface area contributed by atoms with Crippen LogP contribution < -0.4 is 15.0 Å². The standard InChI is InChI=1S/C50H69ClN4O11S/c1-10-37(56)34-16-14-32(15-17-34)27-55-44(60)25-41(47(55)61)67-19-18-42(58)53(7)31(5)38(57)23-35-24-43(59)54(8)36-21-33(22-39(64-9)45(36)51)20-28(2)12-11-13-29(3)50(63)26-40(65-48(62)52-50)30(4)46-49(35,6)66-46/h11-13,21-22,29-32,34-35,40-41,46,63H,10,14-20,23-27H2,1-9H3,(H,52,62)/b13-11+,28-12+/t29-,30-,31+,32?,34?,35+,40+,41?,46+,49+,50+/m1/s1. The lowest BCUT2D eigenvalue weighted by Gasteiger charge is -2.41. The van der Waals surface area contributed by atoms with Gasteiger partial charge in [-0.1, -0.05) is 56.2 Å². The normalized spacial score (nSPS) is 33.1. The number of epoxide rings is 1. The SMILES string of the molecule is CCC(=O)C1CCC(CN2C(=O)CC(SCCC(=O)N(C)[C@@H](C)C(=O)C[C@H]3CC(=O)N(C)c4cc(cc(OC)c4Cl)C/C(C)=C/C=C/[C@@H](C)[C@@]4(O)C[C@H](OC(=O)N4)[C@@H](C)[C@@H]4O[C@@]34C)C2=O)CC1. The van der Waals surface area contributed by atoms with Crippen molar-refractivity contribution >= 4 is 70.3 Å². The summed E-state index contributed by atoms with van der Waals surface area (Å²) in [6.45, 7) is 11.3. The summed E-state index contributed by atoms with van der Waals surface area (Å²) in [6, 6.07) is 2.77. The smallest absolute Gasteiger partial charge is 0.409 e. The van der Waals surface area contributed by atoms with E-state index in [9.17, 15) is 38.7 Å². The topological polar surface area (TPSA) is 192 Å². The number of likely N-dealkylation sites (N-methyl/N-ethyl adjacent to an activating group) is 1. The third-order valence-corrected chi connectivity index (χ3v) is 16.7. The first-order valence-electron chi connectivity index (χ1n) is 23.7. The molecule has 2 N–H and O–H groups in total. The van der Waals surface area contributed by atoms with E-state index in [4.69, 9.17) is 25.8 Å². The van der Waals surface area contributed by atoms with Crippen molar-refractivity contribution in [1.29, 1.82) is 0 Å². The van der Waals surface area contributed by atoms with E-state index in [1.54, 1.807) is 21.0 Å². The van der Waals surface area contributed by atoms with Crippen LogP contribution in [0, 0.1) is 29.6 Å². The molecule has 6 rings (SSSR count). The summed E-state index contributed by atoms with van der Waals surface area (Å²) in [7, 11) is 4.68. The van der Waals surface area contributed by atoms with Crippen molar-refractivity contribution in [3.8, 4) is 5.75 Å². The number of hydrogen-bond acceptors (Lipinski definition) is 12. The van der Waals surface area contributed by atoms with Crippen molar-refractivity contribution in [2.24, 2.45) is 29.6 Å². The first kappa shape index (κ1) is 52.1. The summed E-state index contributed by atoms with van der Waals surface area (Å²) in [6.07, 6.45) is 7.60. The number of alkyl carbamates (subject to hydrolysis) is 1. The van der Waals surface area contributed by atoms with Gasteiger partial charge in [-0.15, -0.1) is 11.8 Å². The minimum Gasteiger partial charge on any atom is -0.495 e. The lowest BCUT2D eigenvalue weighted by Crippen LogP contribution is -2.60. The first-order valence-corrected chi connectivity index (χ1v) is 25.2. The number of carbonyl (C=O) groups is 7. The number of likely N-dealkylation sites (tertiary alicyclic amines) is 1. The van der Waals surface area contributed by atoms with Crippen molar-refractivity contribution in [3.05, 3.63) is 46.5 Å². The number of benzene rings is 1. The van der Waals surface area contributed by atoms with Crippen LogP contribution in [0.15, 0.2) is 35.9 Å². The number of nitrogens with zero attached hydrogens (tertiary/aromatic N) is 3. The number of anilines is 1. The molecule has 0 radical (unpaired) electrons. The van der Waals surface area contributed by atoms with E-state index in [1.165, 1.54) is 33.6 Å². The molecule has 1 aromatic carbocycles. The molecule has 5 aliphatic rings. The minimum absolute atomic E-state index is 0.0354. The number of amides is 5. The molecule has 0 aromatic heterocycles. The number of Topliss-reactive ketones (excluding diaryl/α,β-unsaturated/α-hetero) is 2. The number of thioether (sulfide) groups is 1. The number of aliphatic hydroxyl groups is 1. The summed E-state index contributed by atoms with van der Waals surface area (Å²) in [4.78, 5) is 97.9. The summed E-state index contributed by atoms with van der Waals surface area (Å²) in [5.41, 5.74) is -0.427. The summed E-state index contributed by atoms with van der Waals surface area (Å²) in [5.74, 6) is -1.87. The Labute approximate surface area is 404 Å². The molecule has 0 spiro atoms. The van der Waals surface area contributed by atoms with Gasteiger partial charge < -0.3 is 29.1 Å². The Balaban J connectivity index is 1.14. The van der Waals surface area contributed by atoms with Gasteiger partial charge in [-0.05, 0) is 76.5 Å². The second kappa shape index (κ2) is 21.6. The number of ketones is 2. The largest absolute Gasteiger partial charge is 0.495 e. The fourth-order valence-corrected chi connectivity index (χ4v) is 11.7. The second-order valence-corrected chi connectivity index (χ2v) is 21.4. The summed E-state index contributed by atoms with van der Waals surface area (Å²) < 4.78 is 17.8. The number of imide groups is 1. The Morgan fingerprint density at radius 3 is 2.46 bits per heavy atom. The predicted molar refractivity (Wildman–Crippen MR) is 256 cm³/mol. The molecule has 4 heterocycles. The van der Waals surface area contributed by atoms with Crippen LogP contribution in [0.25, 0.3) is 0 Å². The van der Waals surface area contributed by atoms with Gasteiger partial charge in [0.15, 0.2) is 5.78 Å². The van der Waals surface area contributed by atoms with Crippen LogP contribution in [0.5, 0.6) is 5.75 Å². The van der Waals surface area contributed by atoms with Crippen LogP contribution in [-0.2, 0) is 44.7 Å². The highest BCUT2D eigenvalue weighted by molar-refractivity contribution is 8.00. The fraction of sp³-hybridized carbons (Fsp3) is 0.660. The third-order valence-electron chi connectivity index (χ3n) is 15.1. The molecular formula is C50H69ClN4O11S. The van der Waals surface area contributed by atoms with Gasteiger partial charge in [0.05, 0.1) is 35.8 Å². The van der Waals surface area contributed by atoms with Gasteiger partial charge in [0.1, 0.15) is 28.4 Å². The summed E-state index contributed by atoms with van der Waals surface area (Å²) >= 11 is 8.11. The molecule has 368 valence electrons. The maximum absolute atomic E-state index is 14.4. The Kier molecular flexibility index (Phi) is 16.8. The summed E-state index contributed by atoms with van der Waals surface area (Å²) in [5, 5.41) is 14.1. The van der Waals surface area contributed by atoms with E-state index >= 15 is 0 Å². The lowest BCUT2D eigenvalue weighted by atomic mass is 9.77. The van der Waals surface area contributed by atoms with Crippen LogP contribution in [0.4, 0.5) is 10.5 Å². The van der Waals surface area contributed by atoms with E-state index in [2.05, 4.69) is 5.32 Å². The molecule has 9 atom stereocenters. The zero-order chi connectivity index (χ0) is 49.1. The maximum atomic E-state index is 14.4. The molecule has 1 aliphatic carbocycles. The molecule has 4 aliphatic heterocycles. The Morgan fingerprint density at radius 1 is 1.09 bits per heavy atom. The highest BCUT2D eigenvalue weighted by Crippen LogP contribution is 2.52. The van der Waals surface area contributed by atoms with Gasteiger partial charge in [-0.2, -0.15) is 0 Å². The van der Waals surface area contributed by atoms with Crippen LogP contribution in [0.1, 0.15) is 111 Å². The minimum atomic E-state index is -1.63. The molecule has 1 saturated carbocycles. The number of fused-ring (bicyclic) bond motifs is 5. The monoisotopic (exact) mass is 968 g/mol. The van der Waals surface area contributed by atoms with Gasteiger partial charge >= 0.3 is 6.09 Å². The van der Waals surface area contributed by atoms with Crippen molar-refractivity contribution in [2.45, 2.75) is 147 Å². The zero-order valence-electron chi connectivity index (χ0n) is 40.4. The number of nitrogens with one attached hydrogen (secondary N) is 1. The van der Waals surface area contributed by atoms with Gasteiger partial charge in [0.25, 0.3) is 0 Å². The number of ether oxygens (including phenoxy) is 3. The van der Waals surface area contributed by atoms with Crippen LogP contribution >= 0.6 is 23.4 Å². The average Bonchev–Trinajstić information content (AvgIpc) is 3.92. The molecule has 1 aromatic rings. The molecule has 67 heavy (non-hydrogen) atoms. The Hall–Kier alpha value is -4.25. The van der Waals surface area contributed by atoms with Gasteiger partial charge in [-0.25, -0.2) is 4.79 Å².